The topological polar surface area (TPSA) is 101 Å². The molecular weight excluding hydrogens is 449 g/mol. The van der Waals surface area contributed by atoms with Crippen molar-refractivity contribution in [2.24, 2.45) is 0 Å². The predicted molar refractivity (Wildman–Crippen MR) is 107 cm³/mol. The van der Waals surface area contributed by atoms with Crippen molar-refractivity contribution < 1.29 is 17.9 Å². The Labute approximate surface area is 175 Å². The lowest BCUT2D eigenvalue weighted by Gasteiger charge is -2.09. The zero-order valence-corrected chi connectivity index (χ0v) is 17.2. The van der Waals surface area contributed by atoms with Crippen molar-refractivity contribution in [1.82, 2.24) is 14.7 Å². The summed E-state index contributed by atoms with van der Waals surface area (Å²) in [5, 5.41) is 0.722. The summed E-state index contributed by atoms with van der Waals surface area (Å²) >= 11 is 17.9. The third-order valence-corrected chi connectivity index (χ3v) is 5.86. The Morgan fingerprint density at radius 2 is 1.79 bits per heavy atom. The van der Waals surface area contributed by atoms with Crippen molar-refractivity contribution >= 4 is 50.7 Å². The molecule has 3 aromatic rings. The number of H-pyrrole nitrogens is 1. The fourth-order valence-electron chi connectivity index (χ4n) is 2.32. The summed E-state index contributed by atoms with van der Waals surface area (Å²) in [5.41, 5.74) is 0.462. The number of nitrogens with one attached hydrogen (secondary N) is 2. The minimum Gasteiger partial charge on any atom is -0.497 e. The minimum absolute atomic E-state index is 0.0556. The lowest BCUT2D eigenvalue weighted by Crippen LogP contribution is -2.31. The number of ether oxygens (including phenoxy) is 1. The van der Waals surface area contributed by atoms with E-state index in [1.807, 2.05) is 4.72 Å². The number of aromatic amines is 1. The van der Waals surface area contributed by atoms with Crippen LogP contribution >= 0.6 is 34.8 Å². The molecule has 1 heterocycles. The number of methoxy groups -OCH3 is 1. The number of sulfonamides is 1. The summed E-state index contributed by atoms with van der Waals surface area (Å²) in [4.78, 5) is 18.9. The van der Waals surface area contributed by atoms with Gasteiger partial charge in [0.05, 0.1) is 18.3 Å². The van der Waals surface area contributed by atoms with Gasteiger partial charge < -0.3 is 9.72 Å². The van der Waals surface area contributed by atoms with Crippen LogP contribution in [0.5, 0.6) is 5.75 Å². The first kappa shape index (κ1) is 20.5. The SMILES string of the molecule is COc1ccc(Cl)c(S(=O)(=O)NC(=O)c2cnc(-c3cc(Cl)cc(Cl)c3)[nH]2)c1. The van der Waals surface area contributed by atoms with E-state index >= 15 is 0 Å². The summed E-state index contributed by atoms with van der Waals surface area (Å²) in [5.74, 6) is -0.337. The number of carbonyl (C=O) groups excluding carboxylic acids is 1. The van der Waals surface area contributed by atoms with Crippen molar-refractivity contribution in [1.29, 1.82) is 0 Å². The number of halogens is 3. The summed E-state index contributed by atoms with van der Waals surface area (Å²) in [6, 6.07) is 8.82. The van der Waals surface area contributed by atoms with Crippen LogP contribution in [0.4, 0.5) is 0 Å². The smallest absolute Gasteiger partial charge is 0.283 e. The number of carbonyl (C=O) groups is 1. The van der Waals surface area contributed by atoms with E-state index in [0.717, 1.165) is 0 Å². The van der Waals surface area contributed by atoms with Crippen LogP contribution in [-0.4, -0.2) is 31.4 Å². The number of imidazole rings is 1. The first-order valence-electron chi connectivity index (χ1n) is 7.62. The van der Waals surface area contributed by atoms with Gasteiger partial charge in [0.1, 0.15) is 22.2 Å². The lowest BCUT2D eigenvalue weighted by molar-refractivity contribution is 0.0977. The Balaban J connectivity index is 1.86. The maximum absolute atomic E-state index is 12.5. The largest absolute Gasteiger partial charge is 0.497 e. The fourth-order valence-corrected chi connectivity index (χ4v) is 4.33. The summed E-state index contributed by atoms with van der Waals surface area (Å²) in [6.07, 6.45) is 1.20. The second kappa shape index (κ2) is 8.00. The molecule has 7 nitrogen and oxygen atoms in total. The van der Waals surface area contributed by atoms with Crippen LogP contribution < -0.4 is 9.46 Å². The number of hydrogen-bond acceptors (Lipinski definition) is 5. The highest BCUT2D eigenvalue weighted by atomic mass is 35.5. The van der Waals surface area contributed by atoms with E-state index in [1.165, 1.54) is 31.5 Å². The molecule has 0 atom stereocenters. The lowest BCUT2D eigenvalue weighted by atomic mass is 10.2. The van der Waals surface area contributed by atoms with Crippen molar-refractivity contribution in [3.63, 3.8) is 0 Å². The van der Waals surface area contributed by atoms with E-state index in [0.29, 0.717) is 21.4 Å². The highest BCUT2D eigenvalue weighted by molar-refractivity contribution is 7.90. The zero-order valence-electron chi connectivity index (χ0n) is 14.2. The summed E-state index contributed by atoms with van der Waals surface area (Å²) in [7, 11) is -2.86. The highest BCUT2D eigenvalue weighted by Crippen LogP contribution is 2.27. The van der Waals surface area contributed by atoms with Gasteiger partial charge in [-0.05, 0) is 30.3 Å². The zero-order chi connectivity index (χ0) is 20.5. The molecule has 1 aromatic heterocycles. The van der Waals surface area contributed by atoms with E-state index in [1.54, 1.807) is 18.2 Å². The standard InChI is InChI=1S/C17H12Cl3N3O4S/c1-27-12-2-3-13(20)15(7-12)28(25,26)23-17(24)14-8-21-16(22-14)9-4-10(18)6-11(19)5-9/h2-8H,1H3,(H,21,22)(H,23,24). The predicted octanol–water partition coefficient (Wildman–Crippen LogP) is 4.16. The molecule has 3 rings (SSSR count). The second-order valence-corrected chi connectivity index (χ2v) is 8.47. The van der Waals surface area contributed by atoms with Crippen molar-refractivity contribution in [3.05, 3.63) is 63.4 Å². The van der Waals surface area contributed by atoms with Crippen molar-refractivity contribution in [2.45, 2.75) is 4.90 Å². The van der Waals surface area contributed by atoms with Crippen LogP contribution in [0.15, 0.2) is 47.5 Å². The van der Waals surface area contributed by atoms with Crippen molar-refractivity contribution in [2.75, 3.05) is 7.11 Å². The molecule has 146 valence electrons. The average molecular weight is 461 g/mol. The molecule has 0 spiro atoms. The molecule has 0 bridgehead atoms. The maximum atomic E-state index is 12.5. The Morgan fingerprint density at radius 3 is 2.43 bits per heavy atom. The molecule has 0 fully saturated rings. The summed E-state index contributed by atoms with van der Waals surface area (Å²) in [6.45, 7) is 0. The molecule has 0 saturated carbocycles. The fraction of sp³-hybridized carbons (Fsp3) is 0.0588. The third-order valence-electron chi connectivity index (χ3n) is 3.61. The van der Waals surface area contributed by atoms with Crippen molar-refractivity contribution in [3.8, 4) is 17.1 Å². The number of benzene rings is 2. The summed E-state index contributed by atoms with van der Waals surface area (Å²) < 4.78 is 32.0. The van der Waals surface area contributed by atoms with E-state index in [-0.39, 0.29) is 21.4 Å². The van der Waals surface area contributed by atoms with E-state index in [2.05, 4.69) is 9.97 Å². The Morgan fingerprint density at radius 1 is 1.11 bits per heavy atom. The molecule has 28 heavy (non-hydrogen) atoms. The molecule has 1 amide bonds. The van der Waals surface area contributed by atoms with Crippen LogP contribution in [0.2, 0.25) is 15.1 Å². The van der Waals surface area contributed by atoms with E-state index in [4.69, 9.17) is 39.5 Å². The number of nitrogens with zero attached hydrogens (tertiary/aromatic N) is 1. The number of aromatic nitrogens is 2. The molecule has 2 aromatic carbocycles. The molecule has 0 unspecified atom stereocenters. The van der Waals surface area contributed by atoms with Crippen LogP contribution in [-0.2, 0) is 10.0 Å². The minimum atomic E-state index is -4.24. The van der Waals surface area contributed by atoms with E-state index in [9.17, 15) is 13.2 Å². The molecule has 0 radical (unpaired) electrons. The van der Waals surface area contributed by atoms with Gasteiger partial charge >= 0.3 is 0 Å². The average Bonchev–Trinajstić information content (AvgIpc) is 3.11. The maximum Gasteiger partial charge on any atom is 0.283 e. The molecular formula is C17H12Cl3N3O4S. The van der Waals surface area contributed by atoms with Gasteiger partial charge in [-0.1, -0.05) is 34.8 Å². The van der Waals surface area contributed by atoms with Crippen LogP contribution in [0, 0.1) is 0 Å². The first-order chi connectivity index (χ1) is 13.2. The van der Waals surface area contributed by atoms with Gasteiger partial charge in [-0.2, -0.15) is 0 Å². The number of hydrogen-bond donors (Lipinski definition) is 2. The number of amides is 1. The Kier molecular flexibility index (Phi) is 5.85. The van der Waals surface area contributed by atoms with Gasteiger partial charge in [-0.15, -0.1) is 0 Å². The first-order valence-corrected chi connectivity index (χ1v) is 10.2. The molecule has 0 saturated heterocycles. The highest BCUT2D eigenvalue weighted by Gasteiger charge is 2.23. The van der Waals surface area contributed by atoms with Gasteiger partial charge in [0.25, 0.3) is 15.9 Å². The van der Waals surface area contributed by atoms with Crippen LogP contribution in [0.3, 0.4) is 0 Å². The van der Waals surface area contributed by atoms with Crippen LogP contribution in [0.25, 0.3) is 11.4 Å². The second-order valence-electron chi connectivity index (χ2n) is 5.53. The van der Waals surface area contributed by atoms with E-state index < -0.39 is 15.9 Å². The van der Waals surface area contributed by atoms with Gasteiger partial charge in [-0.25, -0.2) is 18.1 Å². The van der Waals surface area contributed by atoms with Crippen LogP contribution in [0.1, 0.15) is 10.5 Å². The molecule has 0 aliphatic rings. The quantitative estimate of drug-likeness (QED) is 0.595. The Hall–Kier alpha value is -2.26. The molecule has 0 aliphatic carbocycles. The normalized spacial score (nSPS) is 11.3. The van der Waals surface area contributed by atoms with Gasteiger partial charge in [0, 0.05) is 21.7 Å². The third kappa shape index (κ3) is 4.41. The Bertz CT molecular complexity index is 1140. The number of rotatable bonds is 5. The van der Waals surface area contributed by atoms with Gasteiger partial charge in [-0.3, -0.25) is 4.79 Å². The molecule has 2 N–H and O–H groups in total. The molecule has 11 heteroatoms. The van der Waals surface area contributed by atoms with Gasteiger partial charge in [0.2, 0.25) is 0 Å². The molecule has 0 aliphatic heterocycles. The monoisotopic (exact) mass is 459 g/mol. The van der Waals surface area contributed by atoms with Gasteiger partial charge in [0.15, 0.2) is 0 Å².